The molecule has 0 spiro atoms. The van der Waals surface area contributed by atoms with Crippen LogP contribution in [0.3, 0.4) is 0 Å². The van der Waals surface area contributed by atoms with Crippen molar-refractivity contribution >= 4 is 29.3 Å². The van der Waals surface area contributed by atoms with E-state index in [4.69, 9.17) is 16.3 Å². The van der Waals surface area contributed by atoms with Gasteiger partial charge in [0.2, 0.25) is 5.91 Å². The highest BCUT2D eigenvalue weighted by atomic mass is 35.5. The summed E-state index contributed by atoms with van der Waals surface area (Å²) in [5.74, 6) is 0.509. The van der Waals surface area contributed by atoms with Crippen LogP contribution in [0, 0.1) is 11.8 Å². The first-order chi connectivity index (χ1) is 14.3. The van der Waals surface area contributed by atoms with Crippen LogP contribution in [0.2, 0.25) is 5.02 Å². The van der Waals surface area contributed by atoms with E-state index in [1.807, 2.05) is 26.0 Å². The third kappa shape index (κ3) is 4.86. The Bertz CT molecular complexity index is 884. The van der Waals surface area contributed by atoms with Gasteiger partial charge in [-0.05, 0) is 76.6 Å². The average Bonchev–Trinajstić information content (AvgIpc) is 3.14. The van der Waals surface area contributed by atoms with E-state index in [2.05, 4.69) is 12.0 Å². The van der Waals surface area contributed by atoms with Crippen LogP contribution in [0.15, 0.2) is 30.5 Å². The summed E-state index contributed by atoms with van der Waals surface area (Å²) in [5.41, 5.74) is 1.04. The number of amides is 1. The van der Waals surface area contributed by atoms with Crippen molar-refractivity contribution in [2.75, 3.05) is 11.5 Å². The summed E-state index contributed by atoms with van der Waals surface area (Å²) in [4.78, 5) is 27.8. The number of carbonyl (C=O) groups is 2. The van der Waals surface area contributed by atoms with Crippen molar-refractivity contribution in [2.45, 2.75) is 59.4 Å². The van der Waals surface area contributed by atoms with Crippen molar-refractivity contribution in [2.24, 2.45) is 11.8 Å². The van der Waals surface area contributed by atoms with Crippen molar-refractivity contribution in [3.8, 4) is 5.69 Å². The quantitative estimate of drug-likeness (QED) is 0.584. The number of rotatable bonds is 6. The second-order valence-electron chi connectivity index (χ2n) is 8.27. The molecule has 162 valence electrons. The van der Waals surface area contributed by atoms with Gasteiger partial charge in [-0.3, -0.25) is 9.69 Å². The number of hydrogen-bond donors (Lipinski definition) is 0. The maximum absolute atomic E-state index is 13.5. The van der Waals surface area contributed by atoms with Gasteiger partial charge >= 0.3 is 5.97 Å². The third-order valence-electron chi connectivity index (χ3n) is 5.63. The van der Waals surface area contributed by atoms with Crippen LogP contribution in [0.4, 0.5) is 5.82 Å². The molecule has 1 fully saturated rings. The number of hydrogen-bond acceptors (Lipinski definition) is 4. The molecule has 0 radical (unpaired) electrons. The topological polar surface area (TPSA) is 64.4 Å². The van der Waals surface area contributed by atoms with Crippen LogP contribution in [0.25, 0.3) is 5.69 Å². The van der Waals surface area contributed by atoms with Gasteiger partial charge in [0.25, 0.3) is 0 Å². The summed E-state index contributed by atoms with van der Waals surface area (Å²) in [6, 6.07) is 7.02. The molecule has 1 aliphatic carbocycles. The van der Waals surface area contributed by atoms with Gasteiger partial charge in [-0.2, -0.15) is 0 Å². The van der Waals surface area contributed by atoms with E-state index in [0.29, 0.717) is 16.8 Å². The van der Waals surface area contributed by atoms with E-state index in [9.17, 15) is 9.59 Å². The van der Waals surface area contributed by atoms with Crippen LogP contribution < -0.4 is 4.90 Å². The Morgan fingerprint density at radius 1 is 1.20 bits per heavy atom. The van der Waals surface area contributed by atoms with Crippen LogP contribution in [0.1, 0.15) is 63.7 Å². The van der Waals surface area contributed by atoms with E-state index >= 15 is 0 Å². The molecule has 1 aromatic carbocycles. The van der Waals surface area contributed by atoms with E-state index in [-0.39, 0.29) is 30.0 Å². The first kappa shape index (κ1) is 22.3. The molecule has 1 aromatic heterocycles. The first-order valence-corrected chi connectivity index (χ1v) is 11.0. The second-order valence-corrected chi connectivity index (χ2v) is 8.70. The van der Waals surface area contributed by atoms with Crippen LogP contribution in [-0.4, -0.2) is 34.3 Å². The van der Waals surface area contributed by atoms with Gasteiger partial charge in [0, 0.05) is 23.2 Å². The molecule has 0 saturated heterocycles. The molecule has 2 aromatic rings. The normalized spacial score (nSPS) is 19.0. The molecule has 0 bridgehead atoms. The van der Waals surface area contributed by atoms with Gasteiger partial charge in [0.1, 0.15) is 5.56 Å². The molecule has 1 amide bonds. The van der Waals surface area contributed by atoms with Crippen molar-refractivity contribution in [1.29, 1.82) is 0 Å². The van der Waals surface area contributed by atoms with Crippen molar-refractivity contribution in [3.05, 3.63) is 41.0 Å². The number of esters is 1. The number of anilines is 1. The predicted molar refractivity (Wildman–Crippen MR) is 118 cm³/mol. The number of aromatic nitrogens is 2. The lowest BCUT2D eigenvalue weighted by Gasteiger charge is -2.32. The highest BCUT2D eigenvalue weighted by Gasteiger charge is 2.34. The van der Waals surface area contributed by atoms with Gasteiger partial charge in [-0.15, -0.1) is 5.10 Å². The van der Waals surface area contributed by atoms with Crippen molar-refractivity contribution < 1.29 is 14.3 Å². The molecule has 0 unspecified atom stereocenters. The molecular formula is C23H30ClN3O3. The van der Waals surface area contributed by atoms with Gasteiger partial charge in [-0.25, -0.2) is 9.48 Å². The summed E-state index contributed by atoms with van der Waals surface area (Å²) < 4.78 is 6.86. The highest BCUT2D eigenvalue weighted by molar-refractivity contribution is 6.30. The molecule has 6 nitrogen and oxygen atoms in total. The molecule has 0 aliphatic heterocycles. The number of benzene rings is 1. The van der Waals surface area contributed by atoms with Gasteiger partial charge in [0.15, 0.2) is 5.82 Å². The number of carbonyl (C=O) groups excluding carboxylic acids is 2. The third-order valence-corrected chi connectivity index (χ3v) is 5.88. The van der Waals surface area contributed by atoms with Crippen LogP contribution >= 0.6 is 11.6 Å². The number of halogens is 1. The monoisotopic (exact) mass is 431 g/mol. The Labute approximate surface area is 183 Å². The maximum Gasteiger partial charge on any atom is 0.343 e. The van der Waals surface area contributed by atoms with Crippen molar-refractivity contribution in [1.82, 2.24) is 9.78 Å². The predicted octanol–water partition coefficient (Wildman–Crippen LogP) is 5.27. The summed E-state index contributed by atoms with van der Waals surface area (Å²) in [6.07, 6.45) is 5.46. The molecule has 0 N–H and O–H groups in total. The molecule has 1 saturated carbocycles. The lowest BCUT2D eigenvalue weighted by atomic mass is 9.82. The van der Waals surface area contributed by atoms with E-state index in [0.717, 1.165) is 31.4 Å². The molecular weight excluding hydrogens is 402 g/mol. The fourth-order valence-electron chi connectivity index (χ4n) is 3.93. The lowest BCUT2D eigenvalue weighted by Crippen LogP contribution is -2.43. The van der Waals surface area contributed by atoms with E-state index < -0.39 is 5.97 Å². The molecule has 1 heterocycles. The standard InChI is InChI=1S/C23H30ClN3O3/c1-5-30-23(29)20-14-26(19-12-10-18(24)11-13-19)25-21(20)27(15(2)3)22(28)17-8-6-16(4)7-9-17/h10-17H,5-9H2,1-4H3. The average molecular weight is 432 g/mol. The molecule has 7 heteroatoms. The zero-order valence-electron chi connectivity index (χ0n) is 18.1. The minimum atomic E-state index is -0.483. The van der Waals surface area contributed by atoms with E-state index in [1.165, 1.54) is 0 Å². The lowest BCUT2D eigenvalue weighted by molar-refractivity contribution is -0.123. The minimum absolute atomic E-state index is 0.0313. The Morgan fingerprint density at radius 3 is 2.40 bits per heavy atom. The van der Waals surface area contributed by atoms with Gasteiger partial charge in [0.05, 0.1) is 12.3 Å². The first-order valence-electron chi connectivity index (χ1n) is 10.7. The Hall–Kier alpha value is -2.34. The molecule has 1 aliphatic rings. The fraction of sp³-hybridized carbons (Fsp3) is 0.522. The Morgan fingerprint density at radius 2 is 1.83 bits per heavy atom. The van der Waals surface area contributed by atoms with Gasteiger partial charge in [-0.1, -0.05) is 18.5 Å². The number of nitrogens with zero attached hydrogens (tertiary/aromatic N) is 3. The van der Waals surface area contributed by atoms with E-state index in [1.54, 1.807) is 34.8 Å². The SMILES string of the molecule is CCOC(=O)c1cn(-c2ccc(Cl)cc2)nc1N(C(=O)C1CCC(C)CC1)C(C)C. The largest absolute Gasteiger partial charge is 0.462 e. The summed E-state index contributed by atoms with van der Waals surface area (Å²) in [6.45, 7) is 8.13. The molecule has 0 atom stereocenters. The smallest absolute Gasteiger partial charge is 0.343 e. The summed E-state index contributed by atoms with van der Waals surface area (Å²) in [5, 5.41) is 5.26. The zero-order chi connectivity index (χ0) is 21.8. The minimum Gasteiger partial charge on any atom is -0.462 e. The highest BCUT2D eigenvalue weighted by Crippen LogP contribution is 2.33. The Kier molecular flexibility index (Phi) is 7.19. The van der Waals surface area contributed by atoms with Crippen molar-refractivity contribution in [3.63, 3.8) is 0 Å². The van der Waals surface area contributed by atoms with Crippen LogP contribution in [-0.2, 0) is 9.53 Å². The second kappa shape index (κ2) is 9.65. The summed E-state index contributed by atoms with van der Waals surface area (Å²) in [7, 11) is 0. The van der Waals surface area contributed by atoms with Gasteiger partial charge < -0.3 is 4.74 Å². The molecule has 3 rings (SSSR count). The van der Waals surface area contributed by atoms with Crippen LogP contribution in [0.5, 0.6) is 0 Å². The Balaban J connectivity index is 2.01. The number of ether oxygens (including phenoxy) is 1. The zero-order valence-corrected chi connectivity index (χ0v) is 18.9. The molecule has 30 heavy (non-hydrogen) atoms. The maximum atomic E-state index is 13.5. The summed E-state index contributed by atoms with van der Waals surface area (Å²) >= 11 is 6.00. The fourth-order valence-corrected chi connectivity index (χ4v) is 4.05.